The molecule has 0 radical (unpaired) electrons. The number of likely N-dealkylation sites (tertiary alicyclic amines) is 1. The fourth-order valence-electron chi connectivity index (χ4n) is 3.37. The van der Waals surface area contributed by atoms with E-state index in [9.17, 15) is 4.79 Å². The number of hydrogen-bond acceptors (Lipinski definition) is 3. The molecule has 1 aromatic rings. The van der Waals surface area contributed by atoms with E-state index in [4.69, 9.17) is 4.74 Å². The van der Waals surface area contributed by atoms with Crippen LogP contribution in [0.3, 0.4) is 0 Å². The zero-order chi connectivity index (χ0) is 17.0. The highest BCUT2D eigenvalue weighted by molar-refractivity contribution is 5.79. The van der Waals surface area contributed by atoms with Crippen LogP contribution in [0.1, 0.15) is 26.3 Å². The maximum absolute atomic E-state index is 12.6. The average molecular weight is 318 g/mol. The van der Waals surface area contributed by atoms with Crippen LogP contribution in [-0.4, -0.2) is 55.5 Å². The smallest absolute Gasteiger partial charge is 0.227 e. The van der Waals surface area contributed by atoms with Crippen LogP contribution in [-0.2, 0) is 11.2 Å². The topological polar surface area (TPSA) is 32.8 Å². The van der Waals surface area contributed by atoms with E-state index in [1.807, 2.05) is 36.1 Å². The molecule has 128 valence electrons. The van der Waals surface area contributed by atoms with Gasteiger partial charge in [-0.3, -0.25) is 4.79 Å². The first-order valence-electron chi connectivity index (χ1n) is 8.58. The fourth-order valence-corrected chi connectivity index (χ4v) is 3.37. The Hall–Kier alpha value is -1.55. The summed E-state index contributed by atoms with van der Waals surface area (Å²) in [5.74, 6) is 2.22. The van der Waals surface area contributed by atoms with E-state index < -0.39 is 0 Å². The molecule has 0 aromatic heterocycles. The molecule has 1 aromatic carbocycles. The van der Waals surface area contributed by atoms with E-state index in [0.29, 0.717) is 30.9 Å². The molecule has 0 aliphatic carbocycles. The third kappa shape index (κ3) is 4.47. The Morgan fingerprint density at radius 2 is 1.91 bits per heavy atom. The maximum Gasteiger partial charge on any atom is 0.227 e. The lowest BCUT2D eigenvalue weighted by molar-refractivity contribution is -0.129. The molecule has 4 heteroatoms. The van der Waals surface area contributed by atoms with E-state index in [1.54, 1.807) is 0 Å². The Balaban J connectivity index is 1.98. The van der Waals surface area contributed by atoms with E-state index >= 15 is 0 Å². The first-order chi connectivity index (χ1) is 10.9. The first kappa shape index (κ1) is 17.8. The van der Waals surface area contributed by atoms with E-state index in [2.05, 4.69) is 32.8 Å². The van der Waals surface area contributed by atoms with Crippen LogP contribution in [0.4, 0.5) is 0 Å². The number of benzene rings is 1. The number of likely N-dealkylation sites (N-methyl/N-ethyl adjacent to an activating group) is 1. The van der Waals surface area contributed by atoms with Gasteiger partial charge in [0.25, 0.3) is 0 Å². The van der Waals surface area contributed by atoms with Gasteiger partial charge in [0.05, 0.1) is 13.0 Å². The van der Waals surface area contributed by atoms with Crippen molar-refractivity contribution in [1.29, 1.82) is 0 Å². The maximum atomic E-state index is 12.6. The van der Waals surface area contributed by atoms with Crippen LogP contribution in [0, 0.1) is 11.8 Å². The predicted molar refractivity (Wildman–Crippen MR) is 93.7 cm³/mol. The minimum atomic E-state index is 0.226. The highest BCUT2D eigenvalue weighted by atomic mass is 16.5. The molecule has 1 amide bonds. The van der Waals surface area contributed by atoms with Gasteiger partial charge in [0.15, 0.2) is 0 Å². The van der Waals surface area contributed by atoms with Gasteiger partial charge in [-0.15, -0.1) is 0 Å². The lowest BCUT2D eigenvalue weighted by atomic mass is 9.91. The van der Waals surface area contributed by atoms with Gasteiger partial charge in [-0.2, -0.15) is 0 Å². The van der Waals surface area contributed by atoms with Gasteiger partial charge in [-0.25, -0.2) is 0 Å². The number of rotatable bonds is 6. The summed E-state index contributed by atoms with van der Waals surface area (Å²) in [7, 11) is 4.22. The molecule has 1 fully saturated rings. The van der Waals surface area contributed by atoms with E-state index in [1.165, 1.54) is 0 Å². The van der Waals surface area contributed by atoms with Crippen LogP contribution >= 0.6 is 0 Å². The largest absolute Gasteiger partial charge is 0.494 e. The summed E-state index contributed by atoms with van der Waals surface area (Å²) in [4.78, 5) is 16.9. The summed E-state index contributed by atoms with van der Waals surface area (Å²) >= 11 is 0. The van der Waals surface area contributed by atoms with Crippen molar-refractivity contribution in [3.05, 3.63) is 29.8 Å². The molecule has 0 bridgehead atoms. The normalized spacial score (nSPS) is 21.3. The molecule has 1 heterocycles. The SMILES string of the molecule is CCOc1ccc(CC(=O)N2CC(C(C)C)C(N(C)C)C2)cc1. The summed E-state index contributed by atoms with van der Waals surface area (Å²) in [6, 6.07) is 8.31. The van der Waals surface area contributed by atoms with Gasteiger partial charge < -0.3 is 14.5 Å². The summed E-state index contributed by atoms with van der Waals surface area (Å²) < 4.78 is 5.45. The van der Waals surface area contributed by atoms with Crippen molar-refractivity contribution in [1.82, 2.24) is 9.80 Å². The fraction of sp³-hybridized carbons (Fsp3) is 0.632. The second-order valence-electron chi connectivity index (χ2n) is 6.99. The van der Waals surface area contributed by atoms with Crippen molar-refractivity contribution < 1.29 is 9.53 Å². The summed E-state index contributed by atoms with van der Waals surface area (Å²) in [5.41, 5.74) is 1.05. The van der Waals surface area contributed by atoms with E-state index in [-0.39, 0.29) is 5.91 Å². The quantitative estimate of drug-likeness (QED) is 0.808. The standard InChI is InChI=1S/C19H30N2O2/c1-6-23-16-9-7-15(8-10-16)11-19(22)21-12-17(14(2)3)18(13-21)20(4)5/h7-10,14,17-18H,6,11-13H2,1-5H3. The van der Waals surface area contributed by atoms with Crippen LogP contribution in [0.5, 0.6) is 5.75 Å². The zero-order valence-corrected chi connectivity index (χ0v) is 15.1. The Labute approximate surface area is 140 Å². The number of carbonyl (C=O) groups is 1. The predicted octanol–water partition coefficient (Wildman–Crippen LogP) is 2.67. The molecule has 1 aliphatic rings. The van der Waals surface area contributed by atoms with Crippen LogP contribution in [0.2, 0.25) is 0 Å². The summed E-state index contributed by atoms with van der Waals surface area (Å²) in [5, 5.41) is 0. The molecule has 4 nitrogen and oxygen atoms in total. The lowest BCUT2D eigenvalue weighted by Gasteiger charge is -2.27. The second kappa shape index (κ2) is 7.82. The molecule has 2 rings (SSSR count). The summed E-state index contributed by atoms with van der Waals surface area (Å²) in [6.45, 7) is 8.84. The van der Waals surface area contributed by atoms with Gasteiger partial charge >= 0.3 is 0 Å². The molecule has 0 N–H and O–H groups in total. The molecule has 0 spiro atoms. The Bertz CT molecular complexity index is 495. The number of ether oxygens (including phenoxy) is 1. The van der Waals surface area contributed by atoms with Gasteiger partial charge in [-0.05, 0) is 50.6 Å². The molecule has 1 aliphatic heterocycles. The lowest BCUT2D eigenvalue weighted by Crippen LogP contribution is -2.37. The van der Waals surface area contributed by atoms with Gasteiger partial charge in [-0.1, -0.05) is 26.0 Å². The van der Waals surface area contributed by atoms with Crippen molar-refractivity contribution in [2.24, 2.45) is 11.8 Å². The van der Waals surface area contributed by atoms with Crippen LogP contribution < -0.4 is 4.74 Å². The molecule has 2 unspecified atom stereocenters. The number of carbonyl (C=O) groups excluding carboxylic acids is 1. The molecule has 0 saturated carbocycles. The van der Waals surface area contributed by atoms with Crippen molar-refractivity contribution in [3.63, 3.8) is 0 Å². The molecule has 1 saturated heterocycles. The first-order valence-corrected chi connectivity index (χ1v) is 8.58. The van der Waals surface area contributed by atoms with Gasteiger partial charge in [0, 0.05) is 19.1 Å². The Morgan fingerprint density at radius 1 is 1.26 bits per heavy atom. The van der Waals surface area contributed by atoms with Crippen molar-refractivity contribution in [2.75, 3.05) is 33.8 Å². The molecule has 2 atom stereocenters. The minimum Gasteiger partial charge on any atom is -0.494 e. The second-order valence-corrected chi connectivity index (χ2v) is 6.99. The van der Waals surface area contributed by atoms with Crippen LogP contribution in [0.15, 0.2) is 24.3 Å². The van der Waals surface area contributed by atoms with Crippen LogP contribution in [0.25, 0.3) is 0 Å². The third-order valence-corrected chi connectivity index (χ3v) is 4.79. The highest BCUT2D eigenvalue weighted by Crippen LogP contribution is 2.27. The zero-order valence-electron chi connectivity index (χ0n) is 15.1. The van der Waals surface area contributed by atoms with Crippen molar-refractivity contribution >= 4 is 5.91 Å². The number of amides is 1. The summed E-state index contributed by atoms with van der Waals surface area (Å²) in [6.07, 6.45) is 0.470. The van der Waals surface area contributed by atoms with E-state index in [0.717, 1.165) is 24.4 Å². The molecular weight excluding hydrogens is 288 g/mol. The molecule has 23 heavy (non-hydrogen) atoms. The number of hydrogen-bond donors (Lipinski definition) is 0. The number of nitrogens with zero attached hydrogens (tertiary/aromatic N) is 2. The molecular formula is C19H30N2O2. The average Bonchev–Trinajstić information content (AvgIpc) is 2.95. The minimum absolute atomic E-state index is 0.226. The highest BCUT2D eigenvalue weighted by Gasteiger charge is 2.37. The Kier molecular flexibility index (Phi) is 6.05. The monoisotopic (exact) mass is 318 g/mol. The van der Waals surface area contributed by atoms with Crippen molar-refractivity contribution in [3.8, 4) is 5.75 Å². The van der Waals surface area contributed by atoms with Gasteiger partial charge in [0.1, 0.15) is 5.75 Å². The van der Waals surface area contributed by atoms with Gasteiger partial charge in [0.2, 0.25) is 5.91 Å². The Morgan fingerprint density at radius 3 is 2.39 bits per heavy atom. The van der Waals surface area contributed by atoms with Crippen molar-refractivity contribution in [2.45, 2.75) is 33.2 Å². The third-order valence-electron chi connectivity index (χ3n) is 4.79.